The molecule has 0 spiro atoms. The van der Waals surface area contributed by atoms with Gasteiger partial charge in [0.2, 0.25) is 5.91 Å². The first-order chi connectivity index (χ1) is 13.3. The number of aryl methyl sites for hydroxylation is 1. The summed E-state index contributed by atoms with van der Waals surface area (Å²) in [5.74, 6) is 0.537. The third kappa shape index (κ3) is 3.45. The number of carbonyl (C=O) groups is 1. The number of benzene rings is 1. The highest BCUT2D eigenvalue weighted by Crippen LogP contribution is 2.29. The predicted octanol–water partition coefficient (Wildman–Crippen LogP) is 2.61. The highest BCUT2D eigenvalue weighted by atomic mass is 19.4. The molecule has 3 heterocycles. The number of hydrogen-bond acceptors (Lipinski definition) is 3. The first kappa shape index (κ1) is 18.8. The summed E-state index contributed by atoms with van der Waals surface area (Å²) >= 11 is 0. The van der Waals surface area contributed by atoms with Gasteiger partial charge >= 0.3 is 11.9 Å². The van der Waals surface area contributed by atoms with Gasteiger partial charge in [0.15, 0.2) is 0 Å². The molecule has 4 rings (SSSR count). The van der Waals surface area contributed by atoms with E-state index in [4.69, 9.17) is 0 Å². The second-order valence-corrected chi connectivity index (χ2v) is 7.36. The van der Waals surface area contributed by atoms with E-state index >= 15 is 0 Å². The molecule has 0 bridgehead atoms. The van der Waals surface area contributed by atoms with Gasteiger partial charge in [-0.15, -0.1) is 0 Å². The Morgan fingerprint density at radius 3 is 2.43 bits per heavy atom. The maximum atomic E-state index is 12.9. The smallest absolute Gasteiger partial charge is 0.341 e. The van der Waals surface area contributed by atoms with Crippen molar-refractivity contribution in [3.8, 4) is 0 Å². The van der Waals surface area contributed by atoms with Crippen LogP contribution in [0.2, 0.25) is 0 Å². The molecule has 6 nitrogen and oxygen atoms in total. The van der Waals surface area contributed by atoms with Gasteiger partial charge in [0.1, 0.15) is 11.9 Å². The fourth-order valence-electron chi connectivity index (χ4n) is 3.99. The molecule has 1 aromatic heterocycles. The van der Waals surface area contributed by atoms with Crippen molar-refractivity contribution in [2.75, 3.05) is 13.1 Å². The maximum Gasteiger partial charge on any atom is 0.416 e. The monoisotopic (exact) mass is 394 g/mol. The molecule has 0 unspecified atom stereocenters. The molecule has 28 heavy (non-hydrogen) atoms. The van der Waals surface area contributed by atoms with E-state index in [1.807, 2.05) is 0 Å². The van der Waals surface area contributed by atoms with Gasteiger partial charge in [-0.05, 0) is 43.4 Å². The Bertz CT molecular complexity index is 924. The molecule has 0 N–H and O–H groups in total. The lowest BCUT2D eigenvalue weighted by atomic mass is 10.0. The van der Waals surface area contributed by atoms with Gasteiger partial charge in [0.25, 0.3) is 0 Å². The van der Waals surface area contributed by atoms with Gasteiger partial charge < -0.3 is 4.90 Å². The van der Waals surface area contributed by atoms with Crippen molar-refractivity contribution in [3.63, 3.8) is 0 Å². The number of hydrogen-bond donors (Lipinski definition) is 0. The van der Waals surface area contributed by atoms with E-state index in [-0.39, 0.29) is 18.1 Å². The second kappa shape index (κ2) is 7.10. The zero-order valence-corrected chi connectivity index (χ0v) is 15.3. The molecule has 0 radical (unpaired) electrons. The van der Waals surface area contributed by atoms with Crippen LogP contribution in [0, 0.1) is 0 Å². The Hall–Kier alpha value is -2.58. The van der Waals surface area contributed by atoms with Crippen molar-refractivity contribution in [1.82, 2.24) is 19.2 Å². The Labute approximate surface area is 159 Å². The maximum absolute atomic E-state index is 12.9. The Morgan fingerprint density at radius 2 is 1.79 bits per heavy atom. The van der Waals surface area contributed by atoms with E-state index in [1.165, 1.54) is 21.4 Å². The number of likely N-dealkylation sites (tertiary alicyclic amines) is 1. The molecule has 2 aromatic rings. The number of fused-ring (bicyclic) bond motifs is 1. The molecule has 0 saturated carbocycles. The van der Waals surface area contributed by atoms with Gasteiger partial charge in [-0.25, -0.2) is 9.48 Å². The summed E-state index contributed by atoms with van der Waals surface area (Å²) in [4.78, 5) is 27.5. The fraction of sp³-hybridized carbons (Fsp3) is 0.526. The van der Waals surface area contributed by atoms with Gasteiger partial charge in [0, 0.05) is 19.5 Å². The zero-order valence-electron chi connectivity index (χ0n) is 15.3. The third-order valence-electron chi connectivity index (χ3n) is 5.45. The van der Waals surface area contributed by atoms with Gasteiger partial charge in [-0.1, -0.05) is 12.1 Å². The fourth-order valence-corrected chi connectivity index (χ4v) is 3.99. The van der Waals surface area contributed by atoms with Crippen LogP contribution in [-0.2, 0) is 23.9 Å². The van der Waals surface area contributed by atoms with Crippen LogP contribution in [0.4, 0.5) is 13.2 Å². The molecule has 1 fully saturated rings. The first-order valence-electron chi connectivity index (χ1n) is 9.48. The second-order valence-electron chi connectivity index (χ2n) is 7.36. The average molecular weight is 394 g/mol. The van der Waals surface area contributed by atoms with Gasteiger partial charge in [-0.3, -0.25) is 9.36 Å². The van der Waals surface area contributed by atoms with Gasteiger partial charge in [0.05, 0.1) is 12.1 Å². The van der Waals surface area contributed by atoms with Crippen molar-refractivity contribution in [1.29, 1.82) is 0 Å². The van der Waals surface area contributed by atoms with Crippen molar-refractivity contribution >= 4 is 5.91 Å². The highest BCUT2D eigenvalue weighted by molar-refractivity contribution is 5.80. The normalized spacial score (nSPS) is 19.7. The van der Waals surface area contributed by atoms with Crippen molar-refractivity contribution < 1.29 is 18.0 Å². The molecular weight excluding hydrogens is 373 g/mol. The summed E-state index contributed by atoms with van der Waals surface area (Å²) in [5.41, 5.74) is -0.566. The Kier molecular flexibility index (Phi) is 4.76. The van der Waals surface area contributed by atoms with Crippen molar-refractivity contribution in [2.45, 2.75) is 50.9 Å². The topological polar surface area (TPSA) is 60.1 Å². The summed E-state index contributed by atoms with van der Waals surface area (Å²) in [6.45, 7) is 1.51. The number of alkyl halides is 3. The SMILES string of the molecule is O=C([C@H]1CCCc2nn(Cc3ccc(C(F)(F)F)cc3)c(=O)n21)N1CCCC1. The van der Waals surface area contributed by atoms with Crippen LogP contribution in [0.25, 0.3) is 0 Å². The van der Waals surface area contributed by atoms with Crippen LogP contribution in [0.1, 0.15) is 48.7 Å². The highest BCUT2D eigenvalue weighted by Gasteiger charge is 2.34. The molecule has 0 aliphatic carbocycles. The minimum Gasteiger partial charge on any atom is -0.341 e. The van der Waals surface area contributed by atoms with E-state index in [9.17, 15) is 22.8 Å². The summed E-state index contributed by atoms with van der Waals surface area (Å²) in [6, 6.07) is 4.16. The Morgan fingerprint density at radius 1 is 1.11 bits per heavy atom. The predicted molar refractivity (Wildman–Crippen MR) is 94.8 cm³/mol. The van der Waals surface area contributed by atoms with Gasteiger partial charge in [-0.2, -0.15) is 18.3 Å². The average Bonchev–Trinajstić information content (AvgIpc) is 3.30. The summed E-state index contributed by atoms with van der Waals surface area (Å²) in [6.07, 6.45) is -0.443. The van der Waals surface area contributed by atoms with Crippen molar-refractivity contribution in [2.24, 2.45) is 0 Å². The number of halogens is 3. The first-order valence-corrected chi connectivity index (χ1v) is 9.48. The van der Waals surface area contributed by atoms with Crippen LogP contribution in [0.3, 0.4) is 0 Å². The van der Waals surface area contributed by atoms with Crippen molar-refractivity contribution in [3.05, 3.63) is 51.7 Å². The van der Waals surface area contributed by atoms with E-state index in [0.29, 0.717) is 24.2 Å². The van der Waals surface area contributed by atoms with Crippen LogP contribution in [0.15, 0.2) is 29.1 Å². The minimum absolute atomic E-state index is 0.0327. The molecule has 2 aliphatic rings. The zero-order chi connectivity index (χ0) is 19.9. The lowest BCUT2D eigenvalue weighted by Gasteiger charge is -2.27. The van der Waals surface area contributed by atoms with E-state index in [1.54, 1.807) is 4.90 Å². The van der Waals surface area contributed by atoms with E-state index < -0.39 is 17.8 Å². The standard InChI is InChI=1S/C19H21F3N4O2/c20-19(21,22)14-8-6-13(7-9-14)12-25-18(28)26-15(4-3-5-16(26)23-25)17(27)24-10-1-2-11-24/h6-9,15H,1-5,10-12H2/t15-/m1/s1. The van der Waals surface area contributed by atoms with Crippen LogP contribution >= 0.6 is 0 Å². The molecule has 1 atom stereocenters. The van der Waals surface area contributed by atoms with E-state index in [0.717, 1.165) is 44.5 Å². The summed E-state index contributed by atoms with van der Waals surface area (Å²) < 4.78 is 40.8. The molecule has 9 heteroatoms. The van der Waals surface area contributed by atoms with Crippen LogP contribution < -0.4 is 5.69 Å². The summed E-state index contributed by atoms with van der Waals surface area (Å²) in [5, 5.41) is 4.35. The number of nitrogens with zero attached hydrogens (tertiary/aromatic N) is 4. The minimum atomic E-state index is -4.40. The quantitative estimate of drug-likeness (QED) is 0.804. The van der Waals surface area contributed by atoms with E-state index in [2.05, 4.69) is 5.10 Å². The molecule has 2 aliphatic heterocycles. The third-order valence-corrected chi connectivity index (χ3v) is 5.45. The number of amides is 1. The number of aromatic nitrogens is 3. The largest absolute Gasteiger partial charge is 0.416 e. The summed E-state index contributed by atoms with van der Waals surface area (Å²) in [7, 11) is 0. The molecule has 150 valence electrons. The lowest BCUT2D eigenvalue weighted by molar-refractivity contribution is -0.137. The van der Waals surface area contributed by atoms with Crippen LogP contribution in [-0.4, -0.2) is 38.2 Å². The number of carbonyl (C=O) groups excluding carboxylic acids is 1. The molecular formula is C19H21F3N4O2. The Balaban J connectivity index is 1.59. The lowest BCUT2D eigenvalue weighted by Crippen LogP contribution is -2.41. The van der Waals surface area contributed by atoms with Crippen LogP contribution in [0.5, 0.6) is 0 Å². The molecule has 1 aromatic carbocycles. The molecule has 1 saturated heterocycles. The number of rotatable bonds is 3. The molecule has 1 amide bonds.